The predicted molar refractivity (Wildman–Crippen MR) is 147 cm³/mol. The fourth-order valence-corrected chi connectivity index (χ4v) is 7.25. The fourth-order valence-electron chi connectivity index (χ4n) is 7.25. The number of rotatable bonds is 8. The number of allylic oxidation sites excluding steroid dienone is 3. The van der Waals surface area contributed by atoms with Crippen LogP contribution in [0.1, 0.15) is 105 Å². The summed E-state index contributed by atoms with van der Waals surface area (Å²) in [6.07, 6.45) is 13.0. The first kappa shape index (κ1) is 29.2. The van der Waals surface area contributed by atoms with Gasteiger partial charge in [0.2, 0.25) is 0 Å². The fraction of sp³-hybridized carbons (Fsp3) is 0.750. The molecule has 0 saturated heterocycles. The van der Waals surface area contributed by atoms with E-state index in [1.165, 1.54) is 12.0 Å². The van der Waals surface area contributed by atoms with Crippen molar-refractivity contribution in [2.45, 2.75) is 129 Å². The van der Waals surface area contributed by atoms with E-state index in [1.807, 2.05) is 13.8 Å². The van der Waals surface area contributed by atoms with Crippen molar-refractivity contribution in [3.8, 4) is 11.8 Å². The van der Waals surface area contributed by atoms with Gasteiger partial charge in [0.1, 0.15) is 6.10 Å². The quantitative estimate of drug-likeness (QED) is 0.250. The van der Waals surface area contributed by atoms with Crippen molar-refractivity contribution in [2.24, 2.45) is 23.2 Å². The Hall–Kier alpha value is -1.38. The number of unbranched alkanes of at least 4 members (excludes halogenated alkanes) is 1. The van der Waals surface area contributed by atoms with Crippen LogP contribution in [0.2, 0.25) is 0 Å². The first-order valence-electron chi connectivity index (χ1n) is 14.4. The Morgan fingerprint density at radius 1 is 1.19 bits per heavy atom. The molecule has 0 aromatic rings. The molecular weight excluding hydrogens is 448 g/mol. The maximum atomic E-state index is 10.9. The van der Waals surface area contributed by atoms with Gasteiger partial charge in [-0.25, -0.2) is 0 Å². The highest BCUT2D eigenvalue weighted by molar-refractivity contribution is 5.38. The standard InChI is InChI=1S/C32H50O4/c1-6-32(36,7-2)19-10-8-9-13-29(34)23(4)27-16-17-28-24(12-11-18-31(27,28)5)14-15-25-20-26(33)21-30(35)22(25)3/h14-15,23,26-30,33-36H,3,6-8,10-12,16-21H2,1-2,4-5H3/b24-14+,25-15-/t23-,26-,27-,28+,29+,30+,31-/m1/s1. The van der Waals surface area contributed by atoms with Gasteiger partial charge >= 0.3 is 0 Å². The number of hydrogen-bond donors (Lipinski definition) is 4. The van der Waals surface area contributed by atoms with Crippen LogP contribution in [-0.4, -0.2) is 44.3 Å². The van der Waals surface area contributed by atoms with Gasteiger partial charge in [-0.15, -0.1) is 5.92 Å². The van der Waals surface area contributed by atoms with Crippen LogP contribution >= 0.6 is 0 Å². The molecule has 0 radical (unpaired) electrons. The Bertz CT molecular complexity index is 886. The molecule has 4 nitrogen and oxygen atoms in total. The van der Waals surface area contributed by atoms with Crippen LogP contribution < -0.4 is 0 Å². The van der Waals surface area contributed by atoms with Gasteiger partial charge in [-0.1, -0.05) is 57.9 Å². The summed E-state index contributed by atoms with van der Waals surface area (Å²) >= 11 is 0. The third-order valence-corrected chi connectivity index (χ3v) is 9.94. The van der Waals surface area contributed by atoms with Crippen molar-refractivity contribution in [1.29, 1.82) is 0 Å². The van der Waals surface area contributed by atoms with E-state index in [9.17, 15) is 20.4 Å². The van der Waals surface area contributed by atoms with Gasteiger partial charge in [0.15, 0.2) is 0 Å². The number of hydrogen-bond acceptors (Lipinski definition) is 4. The van der Waals surface area contributed by atoms with E-state index < -0.39 is 23.9 Å². The summed E-state index contributed by atoms with van der Waals surface area (Å²) in [5, 5.41) is 41.7. The summed E-state index contributed by atoms with van der Waals surface area (Å²) in [4.78, 5) is 0. The zero-order valence-electron chi connectivity index (χ0n) is 23.1. The molecule has 3 aliphatic carbocycles. The highest BCUT2D eigenvalue weighted by Crippen LogP contribution is 2.59. The molecule has 3 rings (SSSR count). The molecule has 0 aliphatic heterocycles. The van der Waals surface area contributed by atoms with Gasteiger partial charge in [-0.2, -0.15) is 0 Å². The molecule has 36 heavy (non-hydrogen) atoms. The molecule has 0 spiro atoms. The molecule has 4 N–H and O–H groups in total. The second-order valence-electron chi connectivity index (χ2n) is 12.1. The second kappa shape index (κ2) is 12.4. The van der Waals surface area contributed by atoms with Crippen LogP contribution in [0, 0.1) is 35.0 Å². The van der Waals surface area contributed by atoms with Crippen LogP contribution in [-0.2, 0) is 0 Å². The molecule has 0 heterocycles. The predicted octanol–water partition coefficient (Wildman–Crippen LogP) is 5.85. The smallest absolute Gasteiger partial charge is 0.117 e. The first-order chi connectivity index (χ1) is 17.0. The Kier molecular flexibility index (Phi) is 10.1. The van der Waals surface area contributed by atoms with Gasteiger partial charge in [-0.3, -0.25) is 0 Å². The Balaban J connectivity index is 1.64. The van der Waals surface area contributed by atoms with Crippen molar-refractivity contribution < 1.29 is 20.4 Å². The van der Waals surface area contributed by atoms with E-state index in [0.717, 1.165) is 62.5 Å². The Morgan fingerprint density at radius 2 is 1.92 bits per heavy atom. The van der Waals surface area contributed by atoms with Crippen molar-refractivity contribution in [3.05, 3.63) is 35.5 Å². The average Bonchev–Trinajstić information content (AvgIpc) is 3.21. The van der Waals surface area contributed by atoms with Crippen molar-refractivity contribution >= 4 is 0 Å². The van der Waals surface area contributed by atoms with E-state index in [0.29, 0.717) is 31.1 Å². The summed E-state index contributed by atoms with van der Waals surface area (Å²) in [5.74, 6) is 7.38. The van der Waals surface area contributed by atoms with Crippen LogP contribution in [0.3, 0.4) is 0 Å². The van der Waals surface area contributed by atoms with Crippen LogP contribution in [0.15, 0.2) is 35.5 Å². The molecule has 3 aliphatic rings. The van der Waals surface area contributed by atoms with Crippen LogP contribution in [0.4, 0.5) is 0 Å². The van der Waals surface area contributed by atoms with Crippen molar-refractivity contribution in [1.82, 2.24) is 0 Å². The van der Waals surface area contributed by atoms with Gasteiger partial charge in [-0.05, 0) is 98.5 Å². The van der Waals surface area contributed by atoms with Crippen LogP contribution in [0.5, 0.6) is 0 Å². The molecule has 4 heteroatoms. The van der Waals surface area contributed by atoms with Gasteiger partial charge in [0.05, 0.1) is 17.8 Å². The molecule has 3 fully saturated rings. The van der Waals surface area contributed by atoms with E-state index in [4.69, 9.17) is 0 Å². The number of fused-ring (bicyclic) bond motifs is 1. The average molecular weight is 499 g/mol. The first-order valence-corrected chi connectivity index (χ1v) is 14.4. The molecule has 0 aromatic carbocycles. The summed E-state index contributed by atoms with van der Waals surface area (Å²) in [6, 6.07) is 0. The lowest BCUT2D eigenvalue weighted by Gasteiger charge is -2.44. The third kappa shape index (κ3) is 6.54. The maximum Gasteiger partial charge on any atom is 0.117 e. The highest BCUT2D eigenvalue weighted by Gasteiger charge is 2.51. The summed E-state index contributed by atoms with van der Waals surface area (Å²) in [6.45, 7) is 12.7. The van der Waals surface area contributed by atoms with E-state index in [1.54, 1.807) is 0 Å². The van der Waals surface area contributed by atoms with E-state index in [-0.39, 0.29) is 11.3 Å². The Morgan fingerprint density at radius 3 is 2.61 bits per heavy atom. The van der Waals surface area contributed by atoms with Crippen molar-refractivity contribution in [3.63, 3.8) is 0 Å². The topological polar surface area (TPSA) is 80.9 Å². The molecular formula is C32H50O4. The molecule has 0 amide bonds. The lowest BCUT2D eigenvalue weighted by molar-refractivity contribution is 0.0221. The second-order valence-corrected chi connectivity index (χ2v) is 12.1. The SMILES string of the molecule is C=C1/C(=C\C=C2/CCC[C@]3(C)[C@@H]([C@@H](C)[C@@H](O)C#CCCCC(O)(CC)CC)CC[C@@H]23)C[C@@H](O)C[C@@H]1O. The molecule has 3 saturated carbocycles. The van der Waals surface area contributed by atoms with Gasteiger partial charge in [0.25, 0.3) is 0 Å². The maximum absolute atomic E-state index is 10.9. The largest absolute Gasteiger partial charge is 0.393 e. The highest BCUT2D eigenvalue weighted by atomic mass is 16.3. The summed E-state index contributed by atoms with van der Waals surface area (Å²) in [7, 11) is 0. The molecule has 0 bridgehead atoms. The normalized spacial score (nSPS) is 34.8. The molecule has 202 valence electrons. The molecule has 0 unspecified atom stereocenters. The Labute approximate surface area is 219 Å². The monoisotopic (exact) mass is 498 g/mol. The summed E-state index contributed by atoms with van der Waals surface area (Å²) in [5.41, 5.74) is 2.75. The van der Waals surface area contributed by atoms with Gasteiger partial charge in [0, 0.05) is 12.8 Å². The van der Waals surface area contributed by atoms with Gasteiger partial charge < -0.3 is 20.4 Å². The lowest BCUT2D eigenvalue weighted by atomic mass is 9.60. The number of aliphatic hydroxyl groups excluding tert-OH is 3. The third-order valence-electron chi connectivity index (χ3n) is 9.94. The molecule has 0 aromatic heterocycles. The number of aliphatic hydroxyl groups is 4. The van der Waals surface area contributed by atoms with E-state index in [2.05, 4.69) is 44.4 Å². The minimum Gasteiger partial charge on any atom is -0.393 e. The van der Waals surface area contributed by atoms with Crippen LogP contribution in [0.25, 0.3) is 0 Å². The zero-order chi connectivity index (χ0) is 26.5. The summed E-state index contributed by atoms with van der Waals surface area (Å²) < 4.78 is 0. The zero-order valence-corrected chi connectivity index (χ0v) is 23.1. The minimum absolute atomic E-state index is 0.122. The minimum atomic E-state index is -0.654. The van der Waals surface area contributed by atoms with E-state index >= 15 is 0 Å². The van der Waals surface area contributed by atoms with Crippen molar-refractivity contribution in [2.75, 3.05) is 0 Å². The lowest BCUT2D eigenvalue weighted by Crippen LogP contribution is -2.39. The molecule has 7 atom stereocenters.